The summed E-state index contributed by atoms with van der Waals surface area (Å²) in [4.78, 5) is 14.0. The number of hydrogen-bond donors (Lipinski definition) is 0. The molecule has 4 heteroatoms. The molecule has 0 aromatic carbocycles. The van der Waals surface area contributed by atoms with Gasteiger partial charge in [0.15, 0.2) is 0 Å². The summed E-state index contributed by atoms with van der Waals surface area (Å²) in [6.07, 6.45) is 1.25. The molecular weight excluding hydrogens is 181 g/mol. The largest absolute Gasteiger partial charge is 0.300 e. The Labute approximate surface area is 74.4 Å². The van der Waals surface area contributed by atoms with Crippen LogP contribution in [-0.4, -0.2) is 10.8 Å². The number of aromatic nitrogens is 1. The van der Waals surface area contributed by atoms with Crippen LogP contribution >= 0.6 is 11.6 Å². The third-order valence-electron chi connectivity index (χ3n) is 1.32. The number of carbonyl (C=O) groups excluding carboxylic acids is 1. The normalized spacial score (nSPS) is 9.92. The highest BCUT2D eigenvalue weighted by atomic mass is 35.5. The third kappa shape index (κ3) is 2.27. The van der Waals surface area contributed by atoms with E-state index in [-0.39, 0.29) is 17.8 Å². The van der Waals surface area contributed by atoms with Gasteiger partial charge in [0, 0.05) is 18.2 Å². The van der Waals surface area contributed by atoms with Crippen LogP contribution in [-0.2, 0) is 11.2 Å². The van der Waals surface area contributed by atoms with E-state index in [0.717, 1.165) is 0 Å². The zero-order valence-corrected chi connectivity index (χ0v) is 7.23. The highest BCUT2D eigenvalue weighted by Gasteiger charge is 2.06. The van der Waals surface area contributed by atoms with E-state index in [2.05, 4.69) is 4.98 Å². The molecule has 64 valence electrons. The van der Waals surface area contributed by atoms with Crippen LogP contribution in [0, 0.1) is 5.95 Å². The SMILES string of the molecule is CC(=O)Cc1cc(Cl)cnc1F. The molecule has 0 bridgehead atoms. The molecule has 0 amide bonds. The van der Waals surface area contributed by atoms with E-state index in [1.807, 2.05) is 0 Å². The highest BCUT2D eigenvalue weighted by molar-refractivity contribution is 6.30. The smallest absolute Gasteiger partial charge is 0.216 e. The highest BCUT2D eigenvalue weighted by Crippen LogP contribution is 2.12. The fraction of sp³-hybridized carbons (Fsp3) is 0.250. The molecule has 12 heavy (non-hydrogen) atoms. The Morgan fingerprint density at radius 1 is 1.75 bits per heavy atom. The van der Waals surface area contributed by atoms with E-state index in [0.29, 0.717) is 5.02 Å². The summed E-state index contributed by atoms with van der Waals surface area (Å²) in [6.45, 7) is 1.39. The summed E-state index contributed by atoms with van der Waals surface area (Å²) < 4.78 is 12.8. The Morgan fingerprint density at radius 2 is 2.42 bits per heavy atom. The maximum Gasteiger partial charge on any atom is 0.216 e. The van der Waals surface area contributed by atoms with Crippen molar-refractivity contribution < 1.29 is 9.18 Å². The van der Waals surface area contributed by atoms with Crippen molar-refractivity contribution in [3.63, 3.8) is 0 Å². The Hall–Kier alpha value is -0.960. The van der Waals surface area contributed by atoms with Crippen LogP contribution < -0.4 is 0 Å². The zero-order chi connectivity index (χ0) is 9.14. The molecule has 0 atom stereocenters. The first kappa shape index (κ1) is 9.13. The molecule has 1 aromatic heterocycles. The van der Waals surface area contributed by atoms with Crippen molar-refractivity contribution in [1.82, 2.24) is 4.98 Å². The maximum absolute atomic E-state index is 12.8. The number of rotatable bonds is 2. The van der Waals surface area contributed by atoms with Crippen molar-refractivity contribution in [2.45, 2.75) is 13.3 Å². The van der Waals surface area contributed by atoms with Gasteiger partial charge in [0.1, 0.15) is 5.78 Å². The molecule has 0 aliphatic heterocycles. The van der Waals surface area contributed by atoms with E-state index in [9.17, 15) is 9.18 Å². The predicted octanol–water partition coefficient (Wildman–Crippen LogP) is 2.01. The van der Waals surface area contributed by atoms with Crippen LogP contribution in [0.1, 0.15) is 12.5 Å². The summed E-state index contributed by atoms with van der Waals surface area (Å²) in [5.74, 6) is -0.743. The Kier molecular flexibility index (Phi) is 2.76. The van der Waals surface area contributed by atoms with Gasteiger partial charge in [-0.05, 0) is 13.0 Å². The lowest BCUT2D eigenvalue weighted by atomic mass is 10.1. The first-order valence-electron chi connectivity index (χ1n) is 3.39. The average Bonchev–Trinajstić information content (AvgIpc) is 1.96. The number of pyridine rings is 1. The van der Waals surface area contributed by atoms with Crippen molar-refractivity contribution in [3.05, 3.63) is 28.8 Å². The van der Waals surface area contributed by atoms with Gasteiger partial charge in [-0.3, -0.25) is 4.79 Å². The summed E-state index contributed by atoms with van der Waals surface area (Å²) in [7, 11) is 0. The number of Topliss-reactive ketones (excluding diaryl/α,β-unsaturated/α-hetero) is 1. The molecule has 0 spiro atoms. The van der Waals surface area contributed by atoms with Crippen molar-refractivity contribution in [3.8, 4) is 0 Å². The lowest BCUT2D eigenvalue weighted by Gasteiger charge is -1.98. The molecular formula is C8H7ClFNO. The average molecular weight is 188 g/mol. The molecule has 1 aromatic rings. The Balaban J connectivity index is 2.97. The van der Waals surface area contributed by atoms with Gasteiger partial charge in [-0.2, -0.15) is 4.39 Å². The van der Waals surface area contributed by atoms with Gasteiger partial charge in [-0.25, -0.2) is 4.98 Å². The summed E-state index contributed by atoms with van der Waals surface area (Å²) in [5, 5.41) is 0.340. The first-order chi connectivity index (χ1) is 5.59. The Morgan fingerprint density at radius 3 is 3.00 bits per heavy atom. The van der Waals surface area contributed by atoms with Crippen molar-refractivity contribution in [2.75, 3.05) is 0 Å². The number of hydrogen-bond acceptors (Lipinski definition) is 2. The van der Waals surface area contributed by atoms with E-state index in [1.54, 1.807) is 0 Å². The number of ketones is 1. The number of nitrogens with zero attached hydrogens (tertiary/aromatic N) is 1. The Bertz CT molecular complexity index is 314. The topological polar surface area (TPSA) is 30.0 Å². The zero-order valence-electron chi connectivity index (χ0n) is 6.47. The van der Waals surface area contributed by atoms with E-state index in [1.165, 1.54) is 19.2 Å². The lowest BCUT2D eigenvalue weighted by Crippen LogP contribution is -2.00. The fourth-order valence-corrected chi connectivity index (χ4v) is 1.04. The predicted molar refractivity (Wildman–Crippen MR) is 43.6 cm³/mol. The molecule has 2 nitrogen and oxygen atoms in total. The number of halogens is 2. The van der Waals surface area contributed by atoms with Gasteiger partial charge in [0.2, 0.25) is 5.95 Å². The second kappa shape index (κ2) is 3.63. The van der Waals surface area contributed by atoms with Crippen LogP contribution in [0.15, 0.2) is 12.3 Å². The molecule has 0 saturated carbocycles. The van der Waals surface area contributed by atoms with Crippen LogP contribution in [0.5, 0.6) is 0 Å². The maximum atomic E-state index is 12.8. The second-order valence-corrected chi connectivity index (χ2v) is 2.92. The van der Waals surface area contributed by atoms with Crippen LogP contribution in [0.4, 0.5) is 4.39 Å². The third-order valence-corrected chi connectivity index (χ3v) is 1.52. The molecule has 1 heterocycles. The van der Waals surface area contributed by atoms with E-state index >= 15 is 0 Å². The molecule has 0 saturated heterocycles. The van der Waals surface area contributed by atoms with Crippen molar-refractivity contribution >= 4 is 17.4 Å². The van der Waals surface area contributed by atoms with Gasteiger partial charge in [-0.15, -0.1) is 0 Å². The van der Waals surface area contributed by atoms with Crippen LogP contribution in [0.25, 0.3) is 0 Å². The van der Waals surface area contributed by atoms with Gasteiger partial charge in [0.25, 0.3) is 0 Å². The molecule has 0 unspecified atom stereocenters. The monoisotopic (exact) mass is 187 g/mol. The molecule has 1 rings (SSSR count). The standard InChI is InChI=1S/C8H7ClFNO/c1-5(12)2-6-3-7(9)4-11-8(6)10/h3-4H,2H2,1H3. The molecule has 0 radical (unpaired) electrons. The minimum absolute atomic E-state index is 0.0411. The summed E-state index contributed by atoms with van der Waals surface area (Å²) in [6, 6.07) is 1.41. The molecule has 0 aliphatic carbocycles. The summed E-state index contributed by atoms with van der Waals surface area (Å²) >= 11 is 5.56. The van der Waals surface area contributed by atoms with Crippen LogP contribution in [0.2, 0.25) is 5.02 Å². The minimum atomic E-state index is -0.630. The molecule has 0 aliphatic rings. The second-order valence-electron chi connectivity index (χ2n) is 2.48. The van der Waals surface area contributed by atoms with E-state index < -0.39 is 5.95 Å². The van der Waals surface area contributed by atoms with Crippen molar-refractivity contribution in [1.29, 1.82) is 0 Å². The summed E-state index contributed by atoms with van der Waals surface area (Å²) in [5.41, 5.74) is 0.245. The molecule has 0 N–H and O–H groups in total. The lowest BCUT2D eigenvalue weighted by molar-refractivity contribution is -0.116. The number of carbonyl (C=O) groups is 1. The fourth-order valence-electron chi connectivity index (χ4n) is 0.857. The van der Waals surface area contributed by atoms with Gasteiger partial charge in [0.05, 0.1) is 5.02 Å². The quantitative estimate of drug-likeness (QED) is 0.663. The minimum Gasteiger partial charge on any atom is -0.300 e. The molecule has 0 fully saturated rings. The van der Waals surface area contributed by atoms with Gasteiger partial charge >= 0.3 is 0 Å². The van der Waals surface area contributed by atoms with Gasteiger partial charge < -0.3 is 0 Å². The van der Waals surface area contributed by atoms with Crippen molar-refractivity contribution in [2.24, 2.45) is 0 Å². The van der Waals surface area contributed by atoms with Crippen LogP contribution in [0.3, 0.4) is 0 Å². The first-order valence-corrected chi connectivity index (χ1v) is 3.76. The van der Waals surface area contributed by atoms with E-state index in [4.69, 9.17) is 11.6 Å². The van der Waals surface area contributed by atoms with Gasteiger partial charge in [-0.1, -0.05) is 11.6 Å².